The van der Waals surface area contributed by atoms with Gasteiger partial charge in [-0.15, -0.1) is 0 Å². The topological polar surface area (TPSA) is 39.3 Å². The zero-order valence-corrected chi connectivity index (χ0v) is 23.1. The predicted molar refractivity (Wildman–Crippen MR) is 158 cm³/mol. The van der Waals surface area contributed by atoms with Gasteiger partial charge in [-0.3, -0.25) is 4.79 Å². The van der Waals surface area contributed by atoms with E-state index in [4.69, 9.17) is 4.74 Å². The van der Waals surface area contributed by atoms with Gasteiger partial charge in [0.1, 0.15) is 11.6 Å². The highest BCUT2D eigenvalue weighted by atomic mass is 19.1. The van der Waals surface area contributed by atoms with Crippen molar-refractivity contribution in [1.82, 2.24) is 9.80 Å². The Kier molecular flexibility index (Phi) is 8.29. The van der Waals surface area contributed by atoms with E-state index in [1.807, 2.05) is 48.5 Å². The Morgan fingerprint density at radius 2 is 1.44 bits per heavy atom. The highest BCUT2D eigenvalue weighted by Gasteiger charge is 2.22. The van der Waals surface area contributed by atoms with Crippen molar-refractivity contribution in [2.75, 3.05) is 83.4 Å². The number of hydrogen-bond donors (Lipinski definition) is 0. The van der Waals surface area contributed by atoms with Crippen molar-refractivity contribution >= 4 is 23.2 Å². The number of carbonyl (C=O) groups is 1. The van der Waals surface area contributed by atoms with E-state index in [1.54, 1.807) is 19.3 Å². The van der Waals surface area contributed by atoms with Crippen molar-refractivity contribution < 1.29 is 13.9 Å². The van der Waals surface area contributed by atoms with Crippen LogP contribution < -0.4 is 14.5 Å². The molecule has 5 rings (SSSR count). The molecule has 0 N–H and O–H groups in total. The summed E-state index contributed by atoms with van der Waals surface area (Å²) < 4.78 is 20.7. The average Bonchev–Trinajstić information content (AvgIpc) is 2.97. The SMILES string of the molecule is COc1ccccc1-c1ccc(N2CCN(C)CC2)c(C(=O)C=Cc2c(F)cccc2N2CCN(C)CC2)c1. The second kappa shape index (κ2) is 12.0. The van der Waals surface area contributed by atoms with E-state index in [0.29, 0.717) is 11.1 Å². The smallest absolute Gasteiger partial charge is 0.187 e. The summed E-state index contributed by atoms with van der Waals surface area (Å²) >= 11 is 0. The minimum Gasteiger partial charge on any atom is -0.496 e. The van der Waals surface area contributed by atoms with Crippen LogP contribution in [0.1, 0.15) is 15.9 Å². The van der Waals surface area contributed by atoms with Crippen LogP contribution in [0.2, 0.25) is 0 Å². The Labute approximate surface area is 230 Å². The average molecular weight is 529 g/mol. The summed E-state index contributed by atoms with van der Waals surface area (Å²) in [7, 11) is 5.86. The maximum absolute atomic E-state index is 15.1. The molecule has 0 amide bonds. The number of para-hydroxylation sites is 1. The van der Waals surface area contributed by atoms with Crippen molar-refractivity contribution in [2.24, 2.45) is 0 Å². The molecule has 0 aromatic heterocycles. The molecule has 0 spiro atoms. The molecule has 0 saturated carbocycles. The van der Waals surface area contributed by atoms with Crippen molar-refractivity contribution in [3.63, 3.8) is 0 Å². The summed E-state index contributed by atoms with van der Waals surface area (Å²) in [5, 5.41) is 0. The van der Waals surface area contributed by atoms with E-state index in [2.05, 4.69) is 33.7 Å². The number of halogens is 1. The molecule has 2 saturated heterocycles. The highest BCUT2D eigenvalue weighted by Crippen LogP contribution is 2.34. The van der Waals surface area contributed by atoms with Gasteiger partial charge in [0.05, 0.1) is 7.11 Å². The van der Waals surface area contributed by atoms with Crippen molar-refractivity contribution in [2.45, 2.75) is 0 Å². The van der Waals surface area contributed by atoms with Crippen molar-refractivity contribution in [1.29, 1.82) is 0 Å². The third kappa shape index (κ3) is 6.00. The number of piperazine rings is 2. The number of benzene rings is 3. The molecule has 6 nitrogen and oxygen atoms in total. The van der Waals surface area contributed by atoms with E-state index < -0.39 is 0 Å². The second-order valence-corrected chi connectivity index (χ2v) is 10.4. The molecule has 0 radical (unpaired) electrons. The summed E-state index contributed by atoms with van der Waals surface area (Å²) in [5.74, 6) is 0.285. The number of methoxy groups -OCH3 is 1. The molecule has 0 aliphatic carbocycles. The fraction of sp³-hybridized carbons (Fsp3) is 0.344. The first-order chi connectivity index (χ1) is 18.9. The number of carbonyl (C=O) groups excluding carboxylic acids is 1. The van der Waals surface area contributed by atoms with Gasteiger partial charge in [0, 0.05) is 80.4 Å². The number of ketones is 1. The van der Waals surface area contributed by atoms with Gasteiger partial charge in [0.25, 0.3) is 0 Å². The second-order valence-electron chi connectivity index (χ2n) is 10.4. The van der Waals surface area contributed by atoms with Crippen LogP contribution in [-0.4, -0.2) is 89.1 Å². The zero-order chi connectivity index (χ0) is 27.4. The lowest BCUT2D eigenvalue weighted by molar-refractivity contribution is 0.104. The normalized spacial score (nSPS) is 17.1. The Bertz CT molecular complexity index is 1340. The number of rotatable bonds is 7. The predicted octanol–water partition coefficient (Wildman–Crippen LogP) is 4.90. The van der Waals surface area contributed by atoms with Crippen LogP contribution in [0.25, 0.3) is 17.2 Å². The Balaban J connectivity index is 1.51. The molecular formula is C32H37FN4O2. The fourth-order valence-corrected chi connectivity index (χ4v) is 5.37. The molecule has 2 fully saturated rings. The molecule has 0 unspecified atom stereocenters. The van der Waals surface area contributed by atoms with Gasteiger partial charge in [-0.25, -0.2) is 4.39 Å². The zero-order valence-electron chi connectivity index (χ0n) is 23.1. The number of nitrogens with zero attached hydrogens (tertiary/aromatic N) is 4. The van der Waals surface area contributed by atoms with Crippen LogP contribution in [0, 0.1) is 5.82 Å². The Morgan fingerprint density at radius 1 is 0.795 bits per heavy atom. The Hall–Kier alpha value is -3.68. The fourth-order valence-electron chi connectivity index (χ4n) is 5.37. The van der Waals surface area contributed by atoms with Crippen molar-refractivity contribution in [3.05, 3.63) is 83.7 Å². The molecular weight excluding hydrogens is 491 g/mol. The lowest BCUT2D eigenvalue weighted by Crippen LogP contribution is -2.45. The minimum atomic E-state index is -0.322. The van der Waals surface area contributed by atoms with E-state index in [9.17, 15) is 4.79 Å². The largest absolute Gasteiger partial charge is 0.496 e. The molecule has 2 aliphatic rings. The number of hydrogen-bond acceptors (Lipinski definition) is 6. The van der Waals surface area contributed by atoms with Crippen LogP contribution >= 0.6 is 0 Å². The van der Waals surface area contributed by atoms with Gasteiger partial charge in [-0.2, -0.15) is 0 Å². The van der Waals surface area contributed by atoms with Gasteiger partial charge in [0.2, 0.25) is 0 Å². The van der Waals surface area contributed by atoms with Gasteiger partial charge < -0.3 is 24.3 Å². The lowest BCUT2D eigenvalue weighted by Gasteiger charge is -2.35. The maximum atomic E-state index is 15.1. The molecule has 3 aromatic rings. The van der Waals surface area contributed by atoms with Crippen LogP contribution in [0.3, 0.4) is 0 Å². The quantitative estimate of drug-likeness (QED) is 0.321. The molecule has 3 aromatic carbocycles. The van der Waals surface area contributed by atoms with Crippen LogP contribution in [-0.2, 0) is 0 Å². The maximum Gasteiger partial charge on any atom is 0.187 e. The number of ether oxygens (including phenoxy) is 1. The van der Waals surface area contributed by atoms with Gasteiger partial charge in [-0.1, -0.05) is 30.3 Å². The third-order valence-corrected chi connectivity index (χ3v) is 7.80. The minimum absolute atomic E-state index is 0.145. The Morgan fingerprint density at radius 3 is 2.10 bits per heavy atom. The van der Waals surface area contributed by atoms with Crippen LogP contribution in [0.15, 0.2) is 66.7 Å². The first kappa shape index (κ1) is 26.9. The summed E-state index contributed by atoms with van der Waals surface area (Å²) in [4.78, 5) is 22.9. The van der Waals surface area contributed by atoms with Gasteiger partial charge in [0.15, 0.2) is 5.78 Å². The number of likely N-dealkylation sites (N-methyl/N-ethyl adjacent to an activating group) is 2. The van der Waals surface area contributed by atoms with Crippen LogP contribution in [0.5, 0.6) is 5.75 Å². The van der Waals surface area contributed by atoms with Crippen molar-refractivity contribution in [3.8, 4) is 16.9 Å². The van der Waals surface area contributed by atoms with E-state index >= 15 is 4.39 Å². The van der Waals surface area contributed by atoms with E-state index in [-0.39, 0.29) is 11.6 Å². The van der Waals surface area contributed by atoms with Gasteiger partial charge >= 0.3 is 0 Å². The van der Waals surface area contributed by atoms with Crippen LogP contribution in [0.4, 0.5) is 15.8 Å². The molecule has 0 bridgehead atoms. The van der Waals surface area contributed by atoms with E-state index in [1.165, 1.54) is 12.1 Å². The third-order valence-electron chi connectivity index (χ3n) is 7.80. The molecule has 7 heteroatoms. The molecule has 2 heterocycles. The molecule has 0 atom stereocenters. The standard InChI is InChI=1S/C32H37FN4O2/c1-34-15-19-36(20-16-34)29-9-6-8-28(33)26(29)12-14-31(38)27-23-24(25-7-4-5-10-32(25)39-3)11-13-30(27)37-21-17-35(2)18-22-37/h4-14,23H,15-22H2,1-3H3. The molecule has 39 heavy (non-hydrogen) atoms. The number of allylic oxidation sites excluding steroid dienone is 1. The van der Waals surface area contributed by atoms with Gasteiger partial charge in [-0.05, 0) is 62.1 Å². The molecule has 2 aliphatic heterocycles. The first-order valence-corrected chi connectivity index (χ1v) is 13.6. The number of anilines is 2. The summed E-state index contributed by atoms with van der Waals surface area (Å²) in [5.41, 5.74) is 4.63. The molecule has 204 valence electrons. The summed E-state index contributed by atoms with van der Waals surface area (Å²) in [6, 6.07) is 19.0. The summed E-state index contributed by atoms with van der Waals surface area (Å²) in [6.07, 6.45) is 3.17. The summed E-state index contributed by atoms with van der Waals surface area (Å²) in [6.45, 7) is 7.03. The van der Waals surface area contributed by atoms with E-state index in [0.717, 1.165) is 80.6 Å². The monoisotopic (exact) mass is 528 g/mol. The first-order valence-electron chi connectivity index (χ1n) is 13.6. The highest BCUT2D eigenvalue weighted by molar-refractivity contribution is 6.11. The lowest BCUT2D eigenvalue weighted by atomic mass is 9.97.